The molecule has 0 radical (unpaired) electrons. The molecule has 3 heterocycles. The molecule has 1 aromatic rings. The highest BCUT2D eigenvalue weighted by Gasteiger charge is 2.58. The number of amides is 4. The van der Waals surface area contributed by atoms with Gasteiger partial charge in [-0.25, -0.2) is 9.78 Å². The Labute approximate surface area is 171 Å². The molecule has 1 aliphatic carbocycles. The highest BCUT2D eigenvalue weighted by Crippen LogP contribution is 2.41. The highest BCUT2D eigenvalue weighted by molar-refractivity contribution is 6.07. The minimum Gasteiger partial charge on any atom is -0.366 e. The van der Waals surface area contributed by atoms with Gasteiger partial charge in [0, 0.05) is 37.9 Å². The molecule has 8 heteroatoms. The van der Waals surface area contributed by atoms with E-state index in [1.807, 2.05) is 4.90 Å². The Morgan fingerprint density at radius 1 is 1.28 bits per heavy atom. The van der Waals surface area contributed by atoms with Gasteiger partial charge >= 0.3 is 6.03 Å². The number of hydrogen-bond donors (Lipinski definition) is 1. The van der Waals surface area contributed by atoms with Crippen LogP contribution in [0.4, 0.5) is 10.6 Å². The summed E-state index contributed by atoms with van der Waals surface area (Å²) in [5, 5.41) is 0. The quantitative estimate of drug-likeness (QED) is 0.736. The number of nitrogens with two attached hydrogens (primary N) is 1. The van der Waals surface area contributed by atoms with Gasteiger partial charge in [-0.2, -0.15) is 0 Å². The zero-order chi connectivity index (χ0) is 20.8. The number of piperidine rings is 1. The third-order valence-electron chi connectivity index (χ3n) is 6.25. The molecule has 2 saturated heterocycles. The number of imide groups is 1. The van der Waals surface area contributed by atoms with Crippen molar-refractivity contribution in [3.63, 3.8) is 0 Å². The first-order chi connectivity index (χ1) is 13.8. The van der Waals surface area contributed by atoms with Crippen LogP contribution in [0.2, 0.25) is 0 Å². The van der Waals surface area contributed by atoms with Crippen molar-refractivity contribution in [1.29, 1.82) is 0 Å². The van der Waals surface area contributed by atoms with Crippen LogP contribution in [0.3, 0.4) is 0 Å². The van der Waals surface area contributed by atoms with E-state index in [0.717, 1.165) is 12.8 Å². The Morgan fingerprint density at radius 3 is 2.55 bits per heavy atom. The highest BCUT2D eigenvalue weighted by atomic mass is 16.2. The van der Waals surface area contributed by atoms with Crippen molar-refractivity contribution < 1.29 is 14.4 Å². The number of nitrogens with zero attached hydrogens (tertiary/aromatic N) is 4. The number of urea groups is 1. The summed E-state index contributed by atoms with van der Waals surface area (Å²) in [6.45, 7) is 6.48. The Balaban J connectivity index is 1.55. The van der Waals surface area contributed by atoms with Gasteiger partial charge in [0.15, 0.2) is 0 Å². The molecule has 0 atom stereocenters. The van der Waals surface area contributed by atoms with Crippen molar-refractivity contribution in [3.8, 4) is 0 Å². The van der Waals surface area contributed by atoms with Crippen molar-refractivity contribution in [1.82, 2.24) is 14.8 Å². The second kappa shape index (κ2) is 7.31. The molecule has 4 rings (SSSR count). The summed E-state index contributed by atoms with van der Waals surface area (Å²) in [6.07, 6.45) is 4.90. The maximum atomic E-state index is 13.4. The van der Waals surface area contributed by atoms with Crippen LogP contribution in [0.5, 0.6) is 0 Å². The van der Waals surface area contributed by atoms with E-state index in [4.69, 9.17) is 5.73 Å². The van der Waals surface area contributed by atoms with Crippen molar-refractivity contribution in [2.75, 3.05) is 31.1 Å². The monoisotopic (exact) mass is 399 g/mol. The Morgan fingerprint density at radius 2 is 1.97 bits per heavy atom. The second-order valence-electron chi connectivity index (χ2n) is 8.93. The average molecular weight is 399 g/mol. The molecular formula is C21H29N5O3. The largest absolute Gasteiger partial charge is 0.366 e. The lowest BCUT2D eigenvalue weighted by Crippen LogP contribution is -2.57. The molecule has 4 amide bonds. The van der Waals surface area contributed by atoms with Gasteiger partial charge in [-0.05, 0) is 49.7 Å². The molecule has 8 nitrogen and oxygen atoms in total. The molecule has 2 N–H and O–H groups in total. The van der Waals surface area contributed by atoms with Gasteiger partial charge in [-0.15, -0.1) is 0 Å². The number of rotatable bonds is 6. The van der Waals surface area contributed by atoms with E-state index < -0.39 is 11.4 Å². The number of primary amides is 1. The summed E-state index contributed by atoms with van der Waals surface area (Å²) in [6, 6.07) is 3.15. The van der Waals surface area contributed by atoms with E-state index >= 15 is 0 Å². The fourth-order valence-electron chi connectivity index (χ4n) is 4.45. The standard InChI is InChI=1S/C21H29N5O3/c1-14(2)12-26-20(29)25(13-15-3-4-15)19(28)21(26)6-9-24(10-7-21)17-11-16(18(22)27)5-8-23-17/h5,8,11,14-15H,3-4,6-7,9-10,12-13H2,1-2H3,(H2,22,27). The normalized spacial score (nSPS) is 21.6. The van der Waals surface area contributed by atoms with E-state index in [9.17, 15) is 14.4 Å². The Hall–Kier alpha value is -2.64. The third kappa shape index (κ3) is 3.56. The minimum absolute atomic E-state index is 0.0338. The summed E-state index contributed by atoms with van der Waals surface area (Å²) in [5.74, 6) is 0.917. The molecule has 0 aromatic carbocycles. The molecular weight excluding hydrogens is 370 g/mol. The maximum Gasteiger partial charge on any atom is 0.327 e. The minimum atomic E-state index is -0.756. The van der Waals surface area contributed by atoms with Gasteiger partial charge in [0.1, 0.15) is 11.4 Å². The number of aromatic nitrogens is 1. The summed E-state index contributed by atoms with van der Waals surface area (Å²) in [7, 11) is 0. The van der Waals surface area contributed by atoms with Crippen LogP contribution < -0.4 is 10.6 Å². The molecule has 156 valence electrons. The van der Waals surface area contributed by atoms with E-state index in [0.29, 0.717) is 56.3 Å². The first-order valence-corrected chi connectivity index (χ1v) is 10.5. The lowest BCUT2D eigenvalue weighted by atomic mass is 9.85. The van der Waals surface area contributed by atoms with Crippen LogP contribution in [0.1, 0.15) is 49.9 Å². The van der Waals surface area contributed by atoms with Crippen LogP contribution in [0.25, 0.3) is 0 Å². The third-order valence-corrected chi connectivity index (χ3v) is 6.25. The average Bonchev–Trinajstić information content (AvgIpc) is 3.51. The zero-order valence-electron chi connectivity index (χ0n) is 17.1. The topological polar surface area (TPSA) is 99.8 Å². The smallest absolute Gasteiger partial charge is 0.327 e. The number of pyridine rings is 1. The summed E-state index contributed by atoms with van der Waals surface area (Å²) >= 11 is 0. The lowest BCUT2D eigenvalue weighted by Gasteiger charge is -2.43. The molecule has 3 fully saturated rings. The number of anilines is 1. The molecule has 1 saturated carbocycles. The van der Waals surface area contributed by atoms with Crippen molar-refractivity contribution in [2.24, 2.45) is 17.6 Å². The van der Waals surface area contributed by atoms with Crippen LogP contribution >= 0.6 is 0 Å². The number of carbonyl (C=O) groups excluding carboxylic acids is 3. The summed E-state index contributed by atoms with van der Waals surface area (Å²) in [5.41, 5.74) is 5.05. The fourth-order valence-corrected chi connectivity index (χ4v) is 4.45. The van der Waals surface area contributed by atoms with Crippen LogP contribution in [-0.2, 0) is 4.79 Å². The number of carbonyl (C=O) groups is 3. The van der Waals surface area contributed by atoms with Gasteiger partial charge in [-0.3, -0.25) is 14.5 Å². The molecule has 0 unspecified atom stereocenters. The first-order valence-electron chi connectivity index (χ1n) is 10.5. The van der Waals surface area contributed by atoms with E-state index in [1.165, 1.54) is 4.90 Å². The Kier molecular flexibility index (Phi) is 4.96. The van der Waals surface area contributed by atoms with Crippen molar-refractivity contribution >= 4 is 23.7 Å². The lowest BCUT2D eigenvalue weighted by molar-refractivity contribution is -0.134. The molecule has 1 aromatic heterocycles. The molecule has 29 heavy (non-hydrogen) atoms. The van der Waals surface area contributed by atoms with Gasteiger partial charge < -0.3 is 15.5 Å². The first kappa shape index (κ1) is 19.7. The van der Waals surface area contributed by atoms with Crippen molar-refractivity contribution in [3.05, 3.63) is 23.9 Å². The predicted molar refractivity (Wildman–Crippen MR) is 108 cm³/mol. The SMILES string of the molecule is CC(C)CN1C(=O)N(CC2CC2)C(=O)C12CCN(c1cc(C(N)=O)ccn1)CC2. The molecule has 3 aliphatic rings. The van der Waals surface area contributed by atoms with E-state index in [-0.39, 0.29) is 17.9 Å². The maximum absolute atomic E-state index is 13.4. The van der Waals surface area contributed by atoms with E-state index in [2.05, 4.69) is 23.7 Å². The van der Waals surface area contributed by atoms with E-state index in [1.54, 1.807) is 18.3 Å². The van der Waals surface area contributed by atoms with Crippen LogP contribution in [-0.4, -0.2) is 64.3 Å². The van der Waals surface area contributed by atoms with Gasteiger partial charge in [0.25, 0.3) is 5.91 Å². The second-order valence-corrected chi connectivity index (χ2v) is 8.93. The van der Waals surface area contributed by atoms with Crippen LogP contribution in [0.15, 0.2) is 18.3 Å². The fraction of sp³-hybridized carbons (Fsp3) is 0.619. The van der Waals surface area contributed by atoms with Gasteiger partial charge in [0.05, 0.1) is 0 Å². The van der Waals surface area contributed by atoms with Gasteiger partial charge in [-0.1, -0.05) is 13.8 Å². The molecule has 1 spiro atoms. The summed E-state index contributed by atoms with van der Waals surface area (Å²) in [4.78, 5) is 47.7. The van der Waals surface area contributed by atoms with Gasteiger partial charge in [0.2, 0.25) is 5.91 Å². The Bertz CT molecular complexity index is 827. The van der Waals surface area contributed by atoms with Crippen LogP contribution in [0, 0.1) is 11.8 Å². The predicted octanol–water partition coefficient (Wildman–Crippen LogP) is 1.85. The van der Waals surface area contributed by atoms with Crippen molar-refractivity contribution in [2.45, 2.75) is 45.1 Å². The molecule has 0 bridgehead atoms. The molecule has 2 aliphatic heterocycles. The number of hydrogen-bond acceptors (Lipinski definition) is 5. The summed E-state index contributed by atoms with van der Waals surface area (Å²) < 4.78 is 0. The zero-order valence-corrected chi connectivity index (χ0v) is 17.1.